The summed E-state index contributed by atoms with van der Waals surface area (Å²) in [6, 6.07) is 0. The number of hydrogen-bond donors (Lipinski definition) is 2. The van der Waals surface area contributed by atoms with Crippen LogP contribution in [-0.4, -0.2) is 22.4 Å². The Bertz CT molecular complexity index is 188. The molecule has 1 fully saturated rings. The smallest absolute Gasteiger partial charge is 0.0917 e. The topological polar surface area (TPSA) is 40.5 Å². The maximum absolute atomic E-state index is 9.60. The van der Waals surface area contributed by atoms with E-state index in [-0.39, 0.29) is 12.5 Å². The highest BCUT2D eigenvalue weighted by molar-refractivity contribution is 5.31. The van der Waals surface area contributed by atoms with Gasteiger partial charge in [0, 0.05) is 5.92 Å². The molecular weight excluding hydrogens is 140 g/mol. The fourth-order valence-electron chi connectivity index (χ4n) is 1.42. The lowest BCUT2D eigenvalue weighted by molar-refractivity contribution is -0.0133. The Morgan fingerprint density at radius 2 is 2.18 bits per heavy atom. The van der Waals surface area contributed by atoms with Crippen molar-refractivity contribution in [2.45, 2.75) is 32.8 Å². The van der Waals surface area contributed by atoms with E-state index in [2.05, 4.69) is 0 Å². The number of aliphatic hydroxyl groups excluding tert-OH is 1. The Hall–Kier alpha value is -0.340. The monoisotopic (exact) mass is 156 g/mol. The molecule has 11 heavy (non-hydrogen) atoms. The second kappa shape index (κ2) is 2.61. The minimum absolute atomic E-state index is 0.144. The molecule has 2 heteroatoms. The fraction of sp³-hybridized carbons (Fsp3) is 0.778. The average molecular weight is 156 g/mol. The molecule has 2 N–H and O–H groups in total. The molecule has 1 aliphatic rings. The van der Waals surface area contributed by atoms with Crippen LogP contribution in [0.5, 0.6) is 0 Å². The number of hydrogen-bond acceptors (Lipinski definition) is 2. The molecule has 2 nitrogen and oxygen atoms in total. The van der Waals surface area contributed by atoms with E-state index in [1.54, 1.807) is 6.92 Å². The Labute approximate surface area is 67.6 Å². The molecule has 0 heterocycles. The first-order valence-corrected chi connectivity index (χ1v) is 3.98. The van der Waals surface area contributed by atoms with Crippen LogP contribution in [0, 0.1) is 5.92 Å². The normalized spacial score (nSPS) is 28.1. The summed E-state index contributed by atoms with van der Waals surface area (Å²) in [5.41, 5.74) is 1.69. The minimum Gasteiger partial charge on any atom is -0.393 e. The first kappa shape index (κ1) is 8.75. The van der Waals surface area contributed by atoms with E-state index >= 15 is 0 Å². The van der Waals surface area contributed by atoms with Gasteiger partial charge < -0.3 is 10.2 Å². The maximum Gasteiger partial charge on any atom is 0.0917 e. The molecule has 1 saturated carbocycles. The van der Waals surface area contributed by atoms with Crippen LogP contribution in [0.25, 0.3) is 0 Å². The molecular formula is C9H16O2. The van der Waals surface area contributed by atoms with Crippen LogP contribution in [0.1, 0.15) is 27.2 Å². The Balaban J connectivity index is 2.63. The summed E-state index contributed by atoms with van der Waals surface area (Å²) < 4.78 is 0. The van der Waals surface area contributed by atoms with Crippen molar-refractivity contribution in [2.24, 2.45) is 5.92 Å². The highest BCUT2D eigenvalue weighted by Gasteiger charge is 2.44. The highest BCUT2D eigenvalue weighted by Crippen LogP contribution is 2.47. The number of rotatable bonds is 2. The van der Waals surface area contributed by atoms with Crippen molar-refractivity contribution in [2.75, 3.05) is 6.61 Å². The summed E-state index contributed by atoms with van der Waals surface area (Å²) in [4.78, 5) is 0. The third kappa shape index (κ3) is 1.63. The van der Waals surface area contributed by atoms with Gasteiger partial charge in [0.2, 0.25) is 0 Å². The number of aliphatic hydroxyl groups is 2. The van der Waals surface area contributed by atoms with Crippen molar-refractivity contribution in [3.05, 3.63) is 11.1 Å². The molecule has 0 aromatic heterocycles. The van der Waals surface area contributed by atoms with E-state index in [9.17, 15) is 5.11 Å². The molecule has 1 rings (SSSR count). The zero-order valence-electron chi connectivity index (χ0n) is 7.39. The average Bonchev–Trinajstić information content (AvgIpc) is 2.65. The molecule has 0 aliphatic heterocycles. The van der Waals surface area contributed by atoms with Crippen molar-refractivity contribution >= 4 is 0 Å². The minimum atomic E-state index is -0.896. The molecule has 0 amide bonds. The van der Waals surface area contributed by atoms with Gasteiger partial charge in [-0.15, -0.1) is 0 Å². The van der Waals surface area contributed by atoms with Gasteiger partial charge in [-0.05, 0) is 27.2 Å². The SMILES string of the molecule is CC(C)=C1CC1C(C)(O)CO. The lowest BCUT2D eigenvalue weighted by Gasteiger charge is -2.18. The summed E-state index contributed by atoms with van der Waals surface area (Å²) in [6.07, 6.45) is 0.954. The zero-order chi connectivity index (χ0) is 8.65. The summed E-state index contributed by atoms with van der Waals surface area (Å²) in [5.74, 6) is 0.206. The quantitative estimate of drug-likeness (QED) is 0.587. The Morgan fingerprint density at radius 1 is 1.64 bits per heavy atom. The first-order valence-electron chi connectivity index (χ1n) is 3.98. The predicted octanol–water partition coefficient (Wildman–Crippen LogP) is 1.09. The van der Waals surface area contributed by atoms with Crippen LogP contribution >= 0.6 is 0 Å². The van der Waals surface area contributed by atoms with E-state index < -0.39 is 5.60 Å². The molecule has 1 aliphatic carbocycles. The zero-order valence-corrected chi connectivity index (χ0v) is 7.39. The van der Waals surface area contributed by atoms with Crippen molar-refractivity contribution in [3.63, 3.8) is 0 Å². The van der Waals surface area contributed by atoms with Crippen LogP contribution in [0.4, 0.5) is 0 Å². The van der Waals surface area contributed by atoms with E-state index in [4.69, 9.17) is 5.11 Å². The van der Waals surface area contributed by atoms with Crippen LogP contribution in [0.3, 0.4) is 0 Å². The largest absolute Gasteiger partial charge is 0.393 e. The molecule has 0 saturated heterocycles. The van der Waals surface area contributed by atoms with Crippen LogP contribution in [0.15, 0.2) is 11.1 Å². The van der Waals surface area contributed by atoms with Gasteiger partial charge in [-0.25, -0.2) is 0 Å². The molecule has 0 aromatic carbocycles. The van der Waals surface area contributed by atoms with Crippen LogP contribution in [0.2, 0.25) is 0 Å². The van der Waals surface area contributed by atoms with Crippen molar-refractivity contribution < 1.29 is 10.2 Å². The van der Waals surface area contributed by atoms with E-state index in [1.807, 2.05) is 13.8 Å². The standard InChI is InChI=1S/C9H16O2/c1-6(2)7-4-8(7)9(3,11)5-10/h8,10-11H,4-5H2,1-3H3. The van der Waals surface area contributed by atoms with Gasteiger partial charge in [-0.1, -0.05) is 11.1 Å². The second-order valence-corrected chi connectivity index (χ2v) is 3.80. The molecule has 0 bridgehead atoms. The predicted molar refractivity (Wildman–Crippen MR) is 44.2 cm³/mol. The lowest BCUT2D eigenvalue weighted by Crippen LogP contribution is -2.31. The van der Waals surface area contributed by atoms with Gasteiger partial charge in [0.05, 0.1) is 12.2 Å². The molecule has 0 aromatic rings. The van der Waals surface area contributed by atoms with Crippen LogP contribution < -0.4 is 0 Å². The third-order valence-corrected chi connectivity index (χ3v) is 2.40. The molecule has 0 radical (unpaired) electrons. The van der Waals surface area contributed by atoms with Gasteiger partial charge >= 0.3 is 0 Å². The summed E-state index contributed by atoms with van der Waals surface area (Å²) in [6.45, 7) is 5.63. The van der Waals surface area contributed by atoms with E-state index in [1.165, 1.54) is 11.1 Å². The first-order chi connectivity index (χ1) is 4.99. The summed E-state index contributed by atoms with van der Waals surface area (Å²) in [7, 11) is 0. The molecule has 2 unspecified atom stereocenters. The van der Waals surface area contributed by atoms with Crippen molar-refractivity contribution in [3.8, 4) is 0 Å². The lowest BCUT2D eigenvalue weighted by atomic mass is 10.0. The van der Waals surface area contributed by atoms with E-state index in [0.29, 0.717) is 0 Å². The van der Waals surface area contributed by atoms with Gasteiger partial charge in [-0.3, -0.25) is 0 Å². The highest BCUT2D eigenvalue weighted by atomic mass is 16.3. The van der Waals surface area contributed by atoms with Crippen molar-refractivity contribution in [1.82, 2.24) is 0 Å². The number of allylic oxidation sites excluding steroid dienone is 1. The summed E-state index contributed by atoms with van der Waals surface area (Å²) >= 11 is 0. The van der Waals surface area contributed by atoms with Gasteiger partial charge in [0.15, 0.2) is 0 Å². The van der Waals surface area contributed by atoms with Gasteiger partial charge in [0.25, 0.3) is 0 Å². The van der Waals surface area contributed by atoms with Crippen molar-refractivity contribution in [1.29, 1.82) is 0 Å². The fourth-order valence-corrected chi connectivity index (χ4v) is 1.42. The van der Waals surface area contributed by atoms with Gasteiger partial charge in [-0.2, -0.15) is 0 Å². The third-order valence-electron chi connectivity index (χ3n) is 2.40. The Kier molecular flexibility index (Phi) is 2.08. The van der Waals surface area contributed by atoms with Gasteiger partial charge in [0.1, 0.15) is 0 Å². The molecule has 64 valence electrons. The molecule has 2 atom stereocenters. The second-order valence-electron chi connectivity index (χ2n) is 3.80. The Morgan fingerprint density at radius 3 is 2.45 bits per heavy atom. The molecule has 0 spiro atoms. The van der Waals surface area contributed by atoms with E-state index in [0.717, 1.165) is 6.42 Å². The van der Waals surface area contributed by atoms with Crippen LogP contribution in [-0.2, 0) is 0 Å². The summed E-state index contributed by atoms with van der Waals surface area (Å²) in [5, 5.41) is 18.4. The maximum atomic E-state index is 9.60.